The van der Waals surface area contributed by atoms with Crippen molar-refractivity contribution in [1.29, 1.82) is 0 Å². The largest absolute Gasteiger partial charge is 0.370 e. The summed E-state index contributed by atoms with van der Waals surface area (Å²) in [6.07, 6.45) is 3.92. The quantitative estimate of drug-likeness (QED) is 0.599. The number of aryl methyl sites for hydroxylation is 2. The highest BCUT2D eigenvalue weighted by Gasteiger charge is 2.01. The number of hydrogen-bond acceptors (Lipinski definition) is 4. The Kier molecular flexibility index (Phi) is 5.99. The van der Waals surface area contributed by atoms with Crippen molar-refractivity contribution in [2.45, 2.75) is 26.3 Å². The third-order valence-electron chi connectivity index (χ3n) is 4.14. The van der Waals surface area contributed by atoms with E-state index in [0.29, 0.717) is 5.95 Å². The van der Waals surface area contributed by atoms with Crippen LogP contribution in [0.3, 0.4) is 0 Å². The molecule has 0 unspecified atom stereocenters. The minimum Gasteiger partial charge on any atom is -0.370 e. The highest BCUT2D eigenvalue weighted by atomic mass is 15.1. The van der Waals surface area contributed by atoms with Crippen molar-refractivity contribution in [1.82, 2.24) is 9.97 Å². The zero-order chi connectivity index (χ0) is 17.3. The number of hydrogen-bond donors (Lipinski definition) is 2. The summed E-state index contributed by atoms with van der Waals surface area (Å²) >= 11 is 0. The maximum absolute atomic E-state index is 4.53. The van der Waals surface area contributed by atoms with Crippen LogP contribution in [0, 0.1) is 6.92 Å². The second kappa shape index (κ2) is 8.83. The van der Waals surface area contributed by atoms with Crippen LogP contribution in [0.25, 0.3) is 0 Å². The maximum atomic E-state index is 4.53. The molecule has 0 radical (unpaired) electrons. The fourth-order valence-corrected chi connectivity index (χ4v) is 2.68. The van der Waals surface area contributed by atoms with Gasteiger partial charge in [0.15, 0.2) is 0 Å². The van der Waals surface area contributed by atoms with Crippen LogP contribution in [0.2, 0.25) is 0 Å². The summed E-state index contributed by atoms with van der Waals surface area (Å²) in [5.74, 6) is 1.51. The highest BCUT2D eigenvalue weighted by Crippen LogP contribution is 2.11. The normalized spacial score (nSPS) is 10.4. The summed E-state index contributed by atoms with van der Waals surface area (Å²) in [4.78, 5) is 8.83. The lowest BCUT2D eigenvalue weighted by Crippen LogP contribution is -2.08. The number of benzene rings is 2. The van der Waals surface area contributed by atoms with Gasteiger partial charge in [-0.2, -0.15) is 4.98 Å². The average molecular weight is 332 g/mol. The Morgan fingerprint density at radius 2 is 1.68 bits per heavy atom. The monoisotopic (exact) mass is 332 g/mol. The second-order valence-corrected chi connectivity index (χ2v) is 6.06. The van der Waals surface area contributed by atoms with E-state index < -0.39 is 0 Å². The summed E-state index contributed by atoms with van der Waals surface area (Å²) in [6.45, 7) is 3.73. The van der Waals surface area contributed by atoms with Crippen LogP contribution < -0.4 is 10.6 Å². The van der Waals surface area contributed by atoms with Crippen LogP contribution in [-0.2, 0) is 13.0 Å². The van der Waals surface area contributed by atoms with E-state index in [4.69, 9.17) is 0 Å². The van der Waals surface area contributed by atoms with E-state index in [1.165, 1.54) is 16.7 Å². The smallest absolute Gasteiger partial charge is 0.224 e. The zero-order valence-corrected chi connectivity index (χ0v) is 14.6. The fraction of sp³-hybridized carbons (Fsp3) is 0.238. The van der Waals surface area contributed by atoms with Crippen molar-refractivity contribution in [3.8, 4) is 0 Å². The summed E-state index contributed by atoms with van der Waals surface area (Å²) in [7, 11) is 0. The minimum atomic E-state index is 0.649. The van der Waals surface area contributed by atoms with Crippen molar-refractivity contribution in [2.24, 2.45) is 0 Å². The maximum Gasteiger partial charge on any atom is 0.224 e. The predicted molar refractivity (Wildman–Crippen MR) is 104 cm³/mol. The molecule has 0 amide bonds. The predicted octanol–water partition coefficient (Wildman–Crippen LogP) is 4.44. The molecule has 3 rings (SSSR count). The first-order valence-electron chi connectivity index (χ1n) is 8.70. The first-order chi connectivity index (χ1) is 12.3. The van der Waals surface area contributed by atoms with E-state index >= 15 is 0 Å². The number of rotatable bonds is 8. The van der Waals surface area contributed by atoms with E-state index in [1.54, 1.807) is 6.20 Å². The van der Waals surface area contributed by atoms with Crippen LogP contribution in [0.15, 0.2) is 66.9 Å². The van der Waals surface area contributed by atoms with E-state index in [2.05, 4.69) is 76.1 Å². The van der Waals surface area contributed by atoms with Crippen molar-refractivity contribution in [3.63, 3.8) is 0 Å². The van der Waals surface area contributed by atoms with E-state index in [-0.39, 0.29) is 0 Å². The summed E-state index contributed by atoms with van der Waals surface area (Å²) in [5.41, 5.74) is 3.89. The van der Waals surface area contributed by atoms with Crippen molar-refractivity contribution in [3.05, 3.63) is 83.6 Å². The van der Waals surface area contributed by atoms with Gasteiger partial charge in [0.1, 0.15) is 5.82 Å². The van der Waals surface area contributed by atoms with Crippen LogP contribution in [0.1, 0.15) is 23.1 Å². The third-order valence-corrected chi connectivity index (χ3v) is 4.14. The topological polar surface area (TPSA) is 49.8 Å². The SMILES string of the molecule is Cc1ccccc1CNc1nccc(NCCCc2ccccc2)n1. The van der Waals surface area contributed by atoms with Gasteiger partial charge in [0.25, 0.3) is 0 Å². The molecule has 0 aliphatic rings. The lowest BCUT2D eigenvalue weighted by atomic mass is 10.1. The Bertz CT molecular complexity index is 787. The number of nitrogens with one attached hydrogen (secondary N) is 2. The molecule has 1 heterocycles. The standard InChI is InChI=1S/C21H24N4/c1-17-8-5-6-12-19(17)16-24-21-23-15-13-20(25-21)22-14-7-11-18-9-3-2-4-10-18/h2-6,8-10,12-13,15H,7,11,14,16H2,1H3,(H2,22,23,24,25). The molecule has 3 aromatic rings. The summed E-state index contributed by atoms with van der Waals surface area (Å²) in [5, 5.41) is 6.67. The molecule has 128 valence electrons. The molecule has 0 aliphatic heterocycles. The first kappa shape index (κ1) is 17.0. The average Bonchev–Trinajstić information content (AvgIpc) is 2.66. The van der Waals surface area contributed by atoms with Gasteiger partial charge in [0.2, 0.25) is 5.95 Å². The molecule has 0 atom stereocenters. The molecule has 4 heteroatoms. The van der Waals surface area contributed by atoms with Gasteiger partial charge in [-0.25, -0.2) is 4.98 Å². The highest BCUT2D eigenvalue weighted by molar-refractivity contribution is 5.40. The molecule has 1 aromatic heterocycles. The van der Waals surface area contributed by atoms with E-state index in [0.717, 1.165) is 31.7 Å². The van der Waals surface area contributed by atoms with Gasteiger partial charge < -0.3 is 10.6 Å². The molecule has 0 saturated carbocycles. The minimum absolute atomic E-state index is 0.649. The first-order valence-corrected chi connectivity index (χ1v) is 8.70. The van der Waals surface area contributed by atoms with Crippen LogP contribution >= 0.6 is 0 Å². The molecule has 2 aromatic carbocycles. The Morgan fingerprint density at radius 3 is 2.52 bits per heavy atom. The fourth-order valence-electron chi connectivity index (χ4n) is 2.68. The van der Waals surface area contributed by atoms with Gasteiger partial charge >= 0.3 is 0 Å². The van der Waals surface area contributed by atoms with Gasteiger partial charge in [0, 0.05) is 19.3 Å². The van der Waals surface area contributed by atoms with E-state index in [1.807, 2.05) is 12.1 Å². The summed E-state index contributed by atoms with van der Waals surface area (Å²) < 4.78 is 0. The lowest BCUT2D eigenvalue weighted by molar-refractivity contribution is 0.857. The Morgan fingerprint density at radius 1 is 0.880 bits per heavy atom. The van der Waals surface area contributed by atoms with Gasteiger partial charge in [-0.15, -0.1) is 0 Å². The van der Waals surface area contributed by atoms with Gasteiger partial charge in [-0.1, -0.05) is 54.6 Å². The second-order valence-electron chi connectivity index (χ2n) is 6.06. The van der Waals surface area contributed by atoms with Crippen molar-refractivity contribution < 1.29 is 0 Å². The lowest BCUT2D eigenvalue weighted by Gasteiger charge is -2.10. The molecule has 0 bridgehead atoms. The van der Waals surface area contributed by atoms with Crippen LogP contribution in [-0.4, -0.2) is 16.5 Å². The molecule has 2 N–H and O–H groups in total. The molecule has 0 fully saturated rings. The third kappa shape index (κ3) is 5.31. The van der Waals surface area contributed by atoms with Crippen LogP contribution in [0.5, 0.6) is 0 Å². The van der Waals surface area contributed by atoms with Crippen molar-refractivity contribution in [2.75, 3.05) is 17.2 Å². The number of anilines is 2. The summed E-state index contributed by atoms with van der Waals surface area (Å²) in [6, 6.07) is 20.8. The molecular weight excluding hydrogens is 308 g/mol. The number of aromatic nitrogens is 2. The number of nitrogens with zero attached hydrogens (tertiary/aromatic N) is 2. The van der Waals surface area contributed by atoms with Crippen LogP contribution in [0.4, 0.5) is 11.8 Å². The molecule has 25 heavy (non-hydrogen) atoms. The van der Waals surface area contributed by atoms with E-state index in [9.17, 15) is 0 Å². The Labute approximate surface area is 149 Å². The molecule has 0 spiro atoms. The molecule has 0 saturated heterocycles. The van der Waals surface area contributed by atoms with Gasteiger partial charge in [-0.3, -0.25) is 0 Å². The molecule has 0 aliphatic carbocycles. The van der Waals surface area contributed by atoms with Crippen molar-refractivity contribution >= 4 is 11.8 Å². The van der Waals surface area contributed by atoms with Gasteiger partial charge in [-0.05, 0) is 42.5 Å². The molecule has 4 nitrogen and oxygen atoms in total. The zero-order valence-electron chi connectivity index (χ0n) is 14.6. The van der Waals surface area contributed by atoms with Gasteiger partial charge in [0.05, 0.1) is 0 Å². The Balaban J connectivity index is 1.47. The Hall–Kier alpha value is -2.88. The molecular formula is C21H24N4.